The van der Waals surface area contributed by atoms with E-state index in [1.54, 1.807) is 23.2 Å². The van der Waals surface area contributed by atoms with Crippen LogP contribution in [0.1, 0.15) is 47.8 Å². The predicted molar refractivity (Wildman–Crippen MR) is 101 cm³/mol. The highest BCUT2D eigenvalue weighted by atomic mass is 79.9. The number of ether oxygens (including phenoxy) is 1. The molecular formula is C20H21BrN2O3. The first kappa shape index (κ1) is 18.6. The van der Waals surface area contributed by atoms with Crippen LogP contribution >= 0.6 is 15.9 Å². The van der Waals surface area contributed by atoms with Crippen LogP contribution in [0.2, 0.25) is 0 Å². The van der Waals surface area contributed by atoms with E-state index in [0.29, 0.717) is 24.2 Å². The molecule has 1 aromatic carbocycles. The number of rotatable bonds is 6. The van der Waals surface area contributed by atoms with Crippen molar-refractivity contribution in [3.8, 4) is 0 Å². The molecule has 3 rings (SSSR count). The summed E-state index contributed by atoms with van der Waals surface area (Å²) in [5, 5.41) is 0. The number of carbonyl (C=O) groups excluding carboxylic acids is 2. The zero-order chi connectivity index (χ0) is 18.7. The standard InChI is InChI=1S/C20H21BrN2O3/c1-3-4-11-20(19(25)26-2)17-16(6-5-12-22-17)18(24)23(20)13-14-7-9-15(21)10-8-14/h5-10,12H,3-4,11,13H2,1-2H3. The van der Waals surface area contributed by atoms with Gasteiger partial charge in [-0.15, -0.1) is 0 Å². The lowest BCUT2D eigenvalue weighted by molar-refractivity contribution is -0.155. The average molecular weight is 417 g/mol. The zero-order valence-corrected chi connectivity index (χ0v) is 16.5. The quantitative estimate of drug-likeness (QED) is 0.666. The largest absolute Gasteiger partial charge is 0.467 e. The highest BCUT2D eigenvalue weighted by molar-refractivity contribution is 9.10. The van der Waals surface area contributed by atoms with Crippen LogP contribution in [0, 0.1) is 0 Å². The topological polar surface area (TPSA) is 59.5 Å². The van der Waals surface area contributed by atoms with Crippen molar-refractivity contribution in [2.75, 3.05) is 7.11 Å². The Hall–Kier alpha value is -2.21. The Kier molecular flexibility index (Phi) is 5.41. The molecule has 0 spiro atoms. The van der Waals surface area contributed by atoms with Crippen molar-refractivity contribution in [1.82, 2.24) is 9.88 Å². The van der Waals surface area contributed by atoms with Gasteiger partial charge in [0.2, 0.25) is 0 Å². The Morgan fingerprint density at radius 1 is 1.27 bits per heavy atom. The number of halogens is 1. The monoisotopic (exact) mass is 416 g/mol. The van der Waals surface area contributed by atoms with E-state index < -0.39 is 11.5 Å². The fourth-order valence-electron chi connectivity index (χ4n) is 3.50. The number of unbranched alkanes of at least 4 members (excludes halogenated alkanes) is 1. The van der Waals surface area contributed by atoms with Gasteiger partial charge < -0.3 is 9.64 Å². The van der Waals surface area contributed by atoms with E-state index in [4.69, 9.17) is 4.74 Å². The second-order valence-electron chi connectivity index (χ2n) is 6.37. The van der Waals surface area contributed by atoms with Crippen LogP contribution in [0.3, 0.4) is 0 Å². The summed E-state index contributed by atoms with van der Waals surface area (Å²) >= 11 is 3.42. The van der Waals surface area contributed by atoms with Gasteiger partial charge in [0.1, 0.15) is 0 Å². The summed E-state index contributed by atoms with van der Waals surface area (Å²) in [6.45, 7) is 2.38. The minimum atomic E-state index is -1.18. The zero-order valence-electron chi connectivity index (χ0n) is 14.9. The number of benzene rings is 1. The Morgan fingerprint density at radius 2 is 2.00 bits per heavy atom. The number of amides is 1. The molecule has 0 N–H and O–H groups in total. The Morgan fingerprint density at radius 3 is 2.65 bits per heavy atom. The molecule has 0 bridgehead atoms. The van der Waals surface area contributed by atoms with E-state index in [2.05, 4.69) is 27.8 Å². The lowest BCUT2D eigenvalue weighted by Gasteiger charge is -2.36. The van der Waals surface area contributed by atoms with Crippen molar-refractivity contribution in [3.63, 3.8) is 0 Å². The fraction of sp³-hybridized carbons (Fsp3) is 0.350. The van der Waals surface area contributed by atoms with E-state index in [-0.39, 0.29) is 5.91 Å². The SMILES string of the molecule is CCCCC1(C(=O)OC)c2ncccc2C(=O)N1Cc1ccc(Br)cc1. The number of aromatic nitrogens is 1. The van der Waals surface area contributed by atoms with Crippen molar-refractivity contribution < 1.29 is 14.3 Å². The molecule has 1 unspecified atom stereocenters. The summed E-state index contributed by atoms with van der Waals surface area (Å²) in [7, 11) is 1.36. The molecule has 0 radical (unpaired) electrons. The smallest absolute Gasteiger partial charge is 0.338 e. The van der Waals surface area contributed by atoms with Gasteiger partial charge in [0.25, 0.3) is 5.91 Å². The number of carbonyl (C=O) groups is 2. The predicted octanol–water partition coefficient (Wildman–Crippen LogP) is 4.06. The van der Waals surface area contributed by atoms with Crippen molar-refractivity contribution in [1.29, 1.82) is 0 Å². The lowest BCUT2D eigenvalue weighted by Crippen LogP contribution is -2.50. The van der Waals surface area contributed by atoms with Gasteiger partial charge in [-0.2, -0.15) is 0 Å². The van der Waals surface area contributed by atoms with Gasteiger partial charge in [-0.1, -0.05) is 47.8 Å². The molecule has 0 aliphatic carbocycles. The first-order chi connectivity index (χ1) is 12.5. The summed E-state index contributed by atoms with van der Waals surface area (Å²) in [5.41, 5.74) is 0.749. The lowest BCUT2D eigenvalue weighted by atomic mass is 9.88. The van der Waals surface area contributed by atoms with E-state index in [0.717, 1.165) is 22.9 Å². The average Bonchev–Trinajstić information content (AvgIpc) is 2.91. The summed E-state index contributed by atoms with van der Waals surface area (Å²) < 4.78 is 6.11. The van der Waals surface area contributed by atoms with Gasteiger partial charge in [-0.3, -0.25) is 9.78 Å². The molecule has 26 heavy (non-hydrogen) atoms. The molecule has 1 aliphatic heterocycles. The van der Waals surface area contributed by atoms with Crippen LogP contribution in [-0.2, 0) is 21.6 Å². The maximum atomic E-state index is 13.1. The second kappa shape index (κ2) is 7.58. The molecule has 0 saturated heterocycles. The molecular weight excluding hydrogens is 396 g/mol. The number of nitrogens with zero attached hydrogens (tertiary/aromatic N) is 2. The third kappa shape index (κ3) is 3.03. The minimum Gasteiger partial charge on any atom is -0.467 e. The van der Waals surface area contributed by atoms with Gasteiger partial charge in [0.05, 0.1) is 18.4 Å². The van der Waals surface area contributed by atoms with Crippen LogP contribution in [0.15, 0.2) is 47.1 Å². The summed E-state index contributed by atoms with van der Waals surface area (Å²) in [6.07, 6.45) is 3.80. The molecule has 2 heterocycles. The van der Waals surface area contributed by atoms with Crippen LogP contribution in [0.5, 0.6) is 0 Å². The number of pyridine rings is 1. The van der Waals surface area contributed by atoms with Crippen LogP contribution in [0.25, 0.3) is 0 Å². The normalized spacial score (nSPS) is 18.7. The molecule has 1 aliphatic rings. The fourth-order valence-corrected chi connectivity index (χ4v) is 3.76. The second-order valence-corrected chi connectivity index (χ2v) is 7.29. The maximum absolute atomic E-state index is 13.1. The Bertz CT molecular complexity index is 822. The first-order valence-corrected chi connectivity index (χ1v) is 9.44. The van der Waals surface area contributed by atoms with E-state index in [9.17, 15) is 9.59 Å². The molecule has 5 nitrogen and oxygen atoms in total. The molecule has 1 atom stereocenters. The molecule has 1 aromatic heterocycles. The van der Waals surface area contributed by atoms with Crippen molar-refractivity contribution in [3.05, 3.63) is 63.9 Å². The van der Waals surface area contributed by atoms with E-state index >= 15 is 0 Å². The Balaban J connectivity index is 2.11. The van der Waals surface area contributed by atoms with E-state index in [1.807, 2.05) is 24.3 Å². The molecule has 2 aromatic rings. The van der Waals surface area contributed by atoms with Crippen molar-refractivity contribution in [2.45, 2.75) is 38.3 Å². The van der Waals surface area contributed by atoms with Crippen molar-refractivity contribution >= 4 is 27.8 Å². The Labute approximate surface area is 161 Å². The van der Waals surface area contributed by atoms with Gasteiger partial charge >= 0.3 is 5.97 Å². The summed E-state index contributed by atoms with van der Waals surface area (Å²) in [6, 6.07) is 11.2. The summed E-state index contributed by atoms with van der Waals surface area (Å²) in [4.78, 5) is 32.1. The molecule has 6 heteroatoms. The van der Waals surface area contributed by atoms with Gasteiger partial charge in [-0.25, -0.2) is 4.79 Å². The van der Waals surface area contributed by atoms with Gasteiger partial charge in [0.15, 0.2) is 5.54 Å². The highest BCUT2D eigenvalue weighted by Crippen LogP contribution is 2.43. The summed E-state index contributed by atoms with van der Waals surface area (Å²) in [5.74, 6) is -0.619. The molecule has 1 amide bonds. The van der Waals surface area contributed by atoms with E-state index in [1.165, 1.54) is 7.11 Å². The third-order valence-electron chi connectivity index (χ3n) is 4.80. The number of methoxy groups -OCH3 is 1. The number of fused-ring (bicyclic) bond motifs is 1. The minimum absolute atomic E-state index is 0.183. The molecule has 0 saturated carbocycles. The molecule has 0 fully saturated rings. The van der Waals surface area contributed by atoms with Crippen molar-refractivity contribution in [2.24, 2.45) is 0 Å². The maximum Gasteiger partial charge on any atom is 0.338 e. The third-order valence-corrected chi connectivity index (χ3v) is 5.33. The van der Waals surface area contributed by atoms with Crippen LogP contribution in [-0.4, -0.2) is 28.9 Å². The first-order valence-electron chi connectivity index (χ1n) is 8.65. The molecule has 136 valence electrons. The van der Waals surface area contributed by atoms with Crippen LogP contribution < -0.4 is 0 Å². The highest BCUT2D eigenvalue weighted by Gasteiger charge is 2.56. The van der Waals surface area contributed by atoms with Gasteiger partial charge in [-0.05, 0) is 36.2 Å². The van der Waals surface area contributed by atoms with Gasteiger partial charge in [0, 0.05) is 17.2 Å². The number of esters is 1. The number of hydrogen-bond donors (Lipinski definition) is 0. The van der Waals surface area contributed by atoms with Crippen LogP contribution in [0.4, 0.5) is 0 Å². The number of hydrogen-bond acceptors (Lipinski definition) is 4.